The zero-order valence-corrected chi connectivity index (χ0v) is 13.2. The molecular weight excluding hydrogens is 256 g/mol. The highest BCUT2D eigenvalue weighted by molar-refractivity contribution is 5.75. The van der Waals surface area contributed by atoms with Crippen molar-refractivity contribution in [2.24, 2.45) is 11.7 Å². The monoisotopic (exact) mass is 288 g/mol. The molecule has 1 atom stereocenters. The van der Waals surface area contributed by atoms with E-state index in [9.17, 15) is 4.79 Å². The van der Waals surface area contributed by atoms with Crippen LogP contribution in [0.2, 0.25) is 0 Å². The van der Waals surface area contributed by atoms with Gasteiger partial charge in [-0.05, 0) is 31.7 Å². The quantitative estimate of drug-likeness (QED) is 0.477. The van der Waals surface area contributed by atoms with E-state index in [0.717, 1.165) is 32.1 Å². The van der Waals surface area contributed by atoms with Gasteiger partial charge in [0.1, 0.15) is 0 Å². The molecule has 1 amide bonds. The van der Waals surface area contributed by atoms with Gasteiger partial charge in [-0.3, -0.25) is 4.79 Å². The van der Waals surface area contributed by atoms with Crippen LogP contribution < -0.4 is 11.1 Å². The number of rotatable bonds is 14. The van der Waals surface area contributed by atoms with Crippen molar-refractivity contribution in [3.05, 3.63) is 0 Å². The van der Waals surface area contributed by atoms with E-state index >= 15 is 0 Å². The summed E-state index contributed by atoms with van der Waals surface area (Å²) in [4.78, 5) is 11.7. The molecule has 0 spiro atoms. The van der Waals surface area contributed by atoms with Crippen LogP contribution in [0, 0.1) is 5.92 Å². The third-order valence-electron chi connectivity index (χ3n) is 3.27. The summed E-state index contributed by atoms with van der Waals surface area (Å²) in [5, 5.41) is 2.93. The van der Waals surface area contributed by atoms with Gasteiger partial charge in [-0.25, -0.2) is 0 Å². The van der Waals surface area contributed by atoms with Crippen LogP contribution in [0.4, 0.5) is 0 Å². The van der Waals surface area contributed by atoms with Crippen LogP contribution in [-0.2, 0) is 14.3 Å². The Labute approximate surface area is 123 Å². The maximum absolute atomic E-state index is 11.7. The summed E-state index contributed by atoms with van der Waals surface area (Å²) in [6.07, 6.45) is 5.74. The smallest absolute Gasteiger partial charge is 0.220 e. The molecule has 0 aliphatic heterocycles. The summed E-state index contributed by atoms with van der Waals surface area (Å²) in [5.41, 5.74) is 5.59. The van der Waals surface area contributed by atoms with Crippen molar-refractivity contribution in [1.29, 1.82) is 0 Å². The molecule has 0 saturated carbocycles. The average Bonchev–Trinajstić information content (AvgIpc) is 2.44. The molecule has 120 valence electrons. The van der Waals surface area contributed by atoms with Crippen LogP contribution in [0.5, 0.6) is 0 Å². The van der Waals surface area contributed by atoms with Crippen LogP contribution in [0.1, 0.15) is 45.4 Å². The Balaban J connectivity index is 3.47. The molecule has 0 radical (unpaired) electrons. The topological polar surface area (TPSA) is 73.6 Å². The maximum Gasteiger partial charge on any atom is 0.220 e. The van der Waals surface area contributed by atoms with Crippen molar-refractivity contribution in [2.45, 2.75) is 45.4 Å². The largest absolute Gasteiger partial charge is 0.382 e. The third kappa shape index (κ3) is 12.4. The molecule has 5 heteroatoms. The summed E-state index contributed by atoms with van der Waals surface area (Å²) in [7, 11) is 1.65. The number of amides is 1. The molecular formula is C15H32N2O3. The van der Waals surface area contributed by atoms with E-state index < -0.39 is 0 Å². The Hall–Kier alpha value is -0.650. The Kier molecular flexibility index (Phi) is 14.3. The van der Waals surface area contributed by atoms with Gasteiger partial charge in [-0.15, -0.1) is 0 Å². The lowest BCUT2D eigenvalue weighted by Crippen LogP contribution is -2.26. The minimum Gasteiger partial charge on any atom is -0.382 e. The first-order valence-electron chi connectivity index (χ1n) is 7.78. The molecule has 0 aliphatic rings. The van der Waals surface area contributed by atoms with Crippen molar-refractivity contribution in [3.63, 3.8) is 0 Å². The second-order valence-electron chi connectivity index (χ2n) is 5.08. The minimum atomic E-state index is 0.139. The molecule has 3 N–H and O–H groups in total. The van der Waals surface area contributed by atoms with E-state index in [1.165, 1.54) is 0 Å². The first-order valence-corrected chi connectivity index (χ1v) is 7.78. The van der Waals surface area contributed by atoms with E-state index in [-0.39, 0.29) is 5.91 Å². The summed E-state index contributed by atoms with van der Waals surface area (Å²) in [6, 6.07) is 0. The SMILES string of the molecule is CCCC(CCN)CCC(=O)NCCCOCCOC. The Morgan fingerprint density at radius 2 is 2.00 bits per heavy atom. The lowest BCUT2D eigenvalue weighted by molar-refractivity contribution is -0.121. The number of nitrogens with two attached hydrogens (primary N) is 1. The van der Waals surface area contributed by atoms with Gasteiger partial charge in [0.15, 0.2) is 0 Å². The van der Waals surface area contributed by atoms with E-state index in [1.54, 1.807) is 7.11 Å². The van der Waals surface area contributed by atoms with Crippen LogP contribution >= 0.6 is 0 Å². The highest BCUT2D eigenvalue weighted by Crippen LogP contribution is 2.16. The molecule has 20 heavy (non-hydrogen) atoms. The van der Waals surface area contributed by atoms with Gasteiger partial charge >= 0.3 is 0 Å². The molecule has 0 heterocycles. The van der Waals surface area contributed by atoms with Gasteiger partial charge in [0.25, 0.3) is 0 Å². The number of ether oxygens (including phenoxy) is 2. The van der Waals surface area contributed by atoms with E-state index in [4.69, 9.17) is 15.2 Å². The van der Waals surface area contributed by atoms with Crippen LogP contribution in [0.25, 0.3) is 0 Å². The molecule has 0 aromatic heterocycles. The summed E-state index contributed by atoms with van der Waals surface area (Å²) in [5.74, 6) is 0.730. The third-order valence-corrected chi connectivity index (χ3v) is 3.27. The molecule has 0 rings (SSSR count). The number of carbonyl (C=O) groups excluding carboxylic acids is 1. The molecule has 0 fully saturated rings. The lowest BCUT2D eigenvalue weighted by Gasteiger charge is -2.14. The molecule has 0 aromatic rings. The second-order valence-corrected chi connectivity index (χ2v) is 5.08. The number of nitrogens with one attached hydrogen (secondary N) is 1. The Morgan fingerprint density at radius 3 is 2.65 bits per heavy atom. The first kappa shape index (κ1) is 19.4. The molecule has 0 aliphatic carbocycles. The van der Waals surface area contributed by atoms with Gasteiger partial charge in [0, 0.05) is 26.7 Å². The molecule has 0 aromatic carbocycles. The highest BCUT2D eigenvalue weighted by atomic mass is 16.5. The molecule has 5 nitrogen and oxygen atoms in total. The zero-order valence-electron chi connectivity index (χ0n) is 13.2. The number of hydrogen-bond acceptors (Lipinski definition) is 4. The predicted octanol–water partition coefficient (Wildman–Crippen LogP) is 1.70. The summed E-state index contributed by atoms with van der Waals surface area (Å²) in [6.45, 7) is 5.46. The number of methoxy groups -OCH3 is 1. The number of hydrogen-bond donors (Lipinski definition) is 2. The van der Waals surface area contributed by atoms with Crippen molar-refractivity contribution in [3.8, 4) is 0 Å². The number of carbonyl (C=O) groups is 1. The van der Waals surface area contributed by atoms with Crippen molar-refractivity contribution in [2.75, 3.05) is 40.0 Å². The van der Waals surface area contributed by atoms with E-state index in [0.29, 0.717) is 45.2 Å². The molecule has 0 saturated heterocycles. The van der Waals surface area contributed by atoms with E-state index in [1.807, 2.05) is 0 Å². The summed E-state index contributed by atoms with van der Waals surface area (Å²) < 4.78 is 10.2. The van der Waals surface area contributed by atoms with E-state index in [2.05, 4.69) is 12.2 Å². The molecule has 0 bridgehead atoms. The van der Waals surface area contributed by atoms with Crippen LogP contribution in [-0.4, -0.2) is 45.9 Å². The van der Waals surface area contributed by atoms with Gasteiger partial charge in [0.05, 0.1) is 13.2 Å². The van der Waals surface area contributed by atoms with Crippen molar-refractivity contribution in [1.82, 2.24) is 5.32 Å². The van der Waals surface area contributed by atoms with Crippen LogP contribution in [0.3, 0.4) is 0 Å². The maximum atomic E-state index is 11.7. The lowest BCUT2D eigenvalue weighted by atomic mass is 9.94. The van der Waals surface area contributed by atoms with Crippen LogP contribution in [0.15, 0.2) is 0 Å². The minimum absolute atomic E-state index is 0.139. The van der Waals surface area contributed by atoms with Gasteiger partial charge in [-0.1, -0.05) is 19.8 Å². The fraction of sp³-hybridized carbons (Fsp3) is 0.933. The van der Waals surface area contributed by atoms with Gasteiger partial charge in [0.2, 0.25) is 5.91 Å². The van der Waals surface area contributed by atoms with Crippen molar-refractivity contribution >= 4 is 5.91 Å². The predicted molar refractivity (Wildman–Crippen MR) is 81.6 cm³/mol. The Morgan fingerprint density at radius 1 is 1.20 bits per heavy atom. The standard InChI is InChI=1S/C15H32N2O3/c1-3-5-14(8-9-16)6-7-15(18)17-10-4-11-20-13-12-19-2/h14H,3-13,16H2,1-2H3,(H,17,18). The molecule has 1 unspecified atom stereocenters. The van der Waals surface area contributed by atoms with Crippen molar-refractivity contribution < 1.29 is 14.3 Å². The van der Waals surface area contributed by atoms with Gasteiger partial charge in [-0.2, -0.15) is 0 Å². The fourth-order valence-electron chi connectivity index (χ4n) is 2.15. The first-order chi connectivity index (χ1) is 9.74. The normalized spacial score (nSPS) is 12.3. The fourth-order valence-corrected chi connectivity index (χ4v) is 2.15. The van der Waals surface area contributed by atoms with Gasteiger partial charge < -0.3 is 20.5 Å². The Bertz CT molecular complexity index is 219. The second kappa shape index (κ2) is 14.8. The highest BCUT2D eigenvalue weighted by Gasteiger charge is 2.09. The zero-order chi connectivity index (χ0) is 15.1. The summed E-state index contributed by atoms with van der Waals surface area (Å²) >= 11 is 0. The average molecular weight is 288 g/mol.